The minimum absolute atomic E-state index is 0.0727. The lowest BCUT2D eigenvalue weighted by Crippen LogP contribution is -2.21. The zero-order valence-electron chi connectivity index (χ0n) is 15.0. The Morgan fingerprint density at radius 3 is 2.38 bits per heavy atom. The van der Waals surface area contributed by atoms with E-state index in [1.54, 1.807) is 26.4 Å². The number of ether oxygens (including phenoxy) is 1. The van der Waals surface area contributed by atoms with Gasteiger partial charge in [-0.3, -0.25) is 4.99 Å². The van der Waals surface area contributed by atoms with Gasteiger partial charge in [0.15, 0.2) is 0 Å². The number of rotatable bonds is 5. The predicted molar refractivity (Wildman–Crippen MR) is 94.8 cm³/mol. The number of aryl methyl sites for hydroxylation is 2. The van der Waals surface area contributed by atoms with Crippen LogP contribution in [0.2, 0.25) is 0 Å². The summed E-state index contributed by atoms with van der Waals surface area (Å²) < 4.78 is 57.6. The van der Waals surface area contributed by atoms with Gasteiger partial charge in [0.25, 0.3) is 0 Å². The maximum atomic E-state index is 13.4. The predicted octanol–water partition coefficient (Wildman–Crippen LogP) is 5.74. The monoisotopic (exact) mass is 368 g/mol. The molecule has 0 atom stereocenters. The Morgan fingerprint density at radius 1 is 1.12 bits per heavy atom. The summed E-state index contributed by atoms with van der Waals surface area (Å²) >= 11 is 0. The van der Waals surface area contributed by atoms with Gasteiger partial charge in [0.2, 0.25) is 0 Å². The lowest BCUT2D eigenvalue weighted by molar-refractivity contribution is -0.140. The lowest BCUT2D eigenvalue weighted by Gasteiger charge is -2.22. The van der Waals surface area contributed by atoms with Crippen molar-refractivity contribution in [2.45, 2.75) is 26.9 Å². The van der Waals surface area contributed by atoms with Gasteiger partial charge in [-0.2, -0.15) is 13.2 Å². The number of anilines is 1. The third-order valence-electron chi connectivity index (χ3n) is 3.87. The fraction of sp³-hybridized carbons (Fsp3) is 0.316. The van der Waals surface area contributed by atoms with Crippen molar-refractivity contribution >= 4 is 12.0 Å². The van der Waals surface area contributed by atoms with Crippen molar-refractivity contribution < 1.29 is 22.3 Å². The standard InChI is InChI=1S/C19H20F4N2O/c1-5-25(11-24-4)17-8-13(3)18(9-12(17)2)26-14-6-7-16(20)15(10-14)19(21,22)23/h6-11H,5H2,1-4H3. The average molecular weight is 368 g/mol. The Labute approximate surface area is 149 Å². The molecule has 26 heavy (non-hydrogen) atoms. The summed E-state index contributed by atoms with van der Waals surface area (Å²) in [5, 5.41) is 0. The van der Waals surface area contributed by atoms with Crippen LogP contribution in [0, 0.1) is 19.7 Å². The van der Waals surface area contributed by atoms with Crippen LogP contribution in [0.15, 0.2) is 35.3 Å². The van der Waals surface area contributed by atoms with Gasteiger partial charge in [-0.15, -0.1) is 0 Å². The van der Waals surface area contributed by atoms with Crippen LogP contribution in [0.5, 0.6) is 11.5 Å². The summed E-state index contributed by atoms with van der Waals surface area (Å²) in [7, 11) is 1.68. The summed E-state index contributed by atoms with van der Waals surface area (Å²) in [6, 6.07) is 6.22. The lowest BCUT2D eigenvalue weighted by atomic mass is 10.1. The Hall–Kier alpha value is -2.57. The number of benzene rings is 2. The highest BCUT2D eigenvalue weighted by Crippen LogP contribution is 2.36. The highest BCUT2D eigenvalue weighted by atomic mass is 19.4. The SMILES string of the molecule is CCN(C=NC)c1cc(C)c(Oc2ccc(F)c(C(F)(F)F)c2)cc1C. The van der Waals surface area contributed by atoms with Crippen LogP contribution in [-0.2, 0) is 6.18 Å². The zero-order valence-corrected chi connectivity index (χ0v) is 15.0. The molecule has 0 aliphatic carbocycles. The summed E-state index contributed by atoms with van der Waals surface area (Å²) in [5.41, 5.74) is 1.20. The van der Waals surface area contributed by atoms with Gasteiger partial charge in [0, 0.05) is 19.3 Å². The molecule has 0 bridgehead atoms. The minimum atomic E-state index is -4.78. The fourth-order valence-electron chi connectivity index (χ4n) is 2.56. The molecule has 0 saturated heterocycles. The molecule has 2 rings (SSSR count). The van der Waals surface area contributed by atoms with Crippen molar-refractivity contribution in [3.63, 3.8) is 0 Å². The second-order valence-electron chi connectivity index (χ2n) is 5.81. The van der Waals surface area contributed by atoms with Gasteiger partial charge in [-0.1, -0.05) is 0 Å². The molecule has 0 heterocycles. The maximum Gasteiger partial charge on any atom is 0.419 e. The molecule has 0 aliphatic rings. The average Bonchev–Trinajstić information content (AvgIpc) is 2.56. The van der Waals surface area contributed by atoms with Gasteiger partial charge in [0.1, 0.15) is 17.3 Å². The summed E-state index contributed by atoms with van der Waals surface area (Å²) in [6.45, 7) is 6.37. The van der Waals surface area contributed by atoms with Crippen LogP contribution in [0.3, 0.4) is 0 Å². The van der Waals surface area contributed by atoms with Crippen LogP contribution in [0.1, 0.15) is 23.6 Å². The van der Waals surface area contributed by atoms with Crippen molar-refractivity contribution in [2.75, 3.05) is 18.5 Å². The van der Waals surface area contributed by atoms with Gasteiger partial charge in [0.05, 0.1) is 11.9 Å². The van der Waals surface area contributed by atoms with E-state index in [-0.39, 0.29) is 5.75 Å². The third-order valence-corrected chi connectivity index (χ3v) is 3.87. The van der Waals surface area contributed by atoms with Crippen LogP contribution in [0.25, 0.3) is 0 Å². The Morgan fingerprint density at radius 2 is 1.81 bits per heavy atom. The molecule has 0 aliphatic heterocycles. The highest BCUT2D eigenvalue weighted by molar-refractivity contribution is 5.81. The van der Waals surface area contributed by atoms with E-state index in [2.05, 4.69) is 4.99 Å². The van der Waals surface area contributed by atoms with Crippen LogP contribution in [0.4, 0.5) is 23.2 Å². The van der Waals surface area contributed by atoms with E-state index in [1.807, 2.05) is 24.8 Å². The first-order valence-corrected chi connectivity index (χ1v) is 8.02. The quantitative estimate of drug-likeness (QED) is 0.382. The number of aliphatic imine (C=N–C) groups is 1. The van der Waals surface area contributed by atoms with Crippen molar-refractivity contribution in [1.29, 1.82) is 0 Å². The molecular formula is C19H20F4N2O. The molecule has 2 aromatic carbocycles. The van der Waals surface area contributed by atoms with E-state index >= 15 is 0 Å². The molecule has 140 valence electrons. The Kier molecular flexibility index (Phi) is 5.90. The molecule has 0 spiro atoms. The van der Waals surface area contributed by atoms with E-state index < -0.39 is 17.6 Å². The first-order valence-electron chi connectivity index (χ1n) is 8.02. The molecule has 0 fully saturated rings. The van der Waals surface area contributed by atoms with E-state index in [1.165, 1.54) is 6.07 Å². The van der Waals surface area contributed by atoms with Gasteiger partial charge in [-0.05, 0) is 62.2 Å². The molecule has 0 N–H and O–H groups in total. The largest absolute Gasteiger partial charge is 0.457 e. The van der Waals surface area contributed by atoms with Crippen molar-refractivity contribution in [1.82, 2.24) is 0 Å². The van der Waals surface area contributed by atoms with E-state index in [0.717, 1.165) is 22.9 Å². The van der Waals surface area contributed by atoms with E-state index in [9.17, 15) is 17.6 Å². The summed E-state index contributed by atoms with van der Waals surface area (Å²) in [5.74, 6) is -0.988. The normalized spacial score (nSPS) is 11.8. The molecule has 0 radical (unpaired) electrons. The summed E-state index contributed by atoms with van der Waals surface area (Å²) in [4.78, 5) is 5.96. The molecule has 0 unspecified atom stereocenters. The molecule has 2 aromatic rings. The van der Waals surface area contributed by atoms with Crippen LogP contribution < -0.4 is 9.64 Å². The van der Waals surface area contributed by atoms with Crippen molar-refractivity contribution in [2.24, 2.45) is 4.99 Å². The topological polar surface area (TPSA) is 24.8 Å². The van der Waals surface area contributed by atoms with Crippen molar-refractivity contribution in [3.05, 3.63) is 52.8 Å². The number of halogens is 4. The first kappa shape index (κ1) is 19.8. The summed E-state index contributed by atoms with van der Waals surface area (Å²) in [6.07, 6.45) is -3.07. The number of hydrogen-bond donors (Lipinski definition) is 0. The molecule has 0 amide bonds. The second-order valence-corrected chi connectivity index (χ2v) is 5.81. The van der Waals surface area contributed by atoms with Gasteiger partial charge >= 0.3 is 6.18 Å². The minimum Gasteiger partial charge on any atom is -0.457 e. The van der Waals surface area contributed by atoms with Gasteiger partial charge in [-0.25, -0.2) is 4.39 Å². The maximum absolute atomic E-state index is 13.4. The molecule has 0 saturated carbocycles. The van der Waals surface area contributed by atoms with Gasteiger partial charge < -0.3 is 9.64 Å². The van der Waals surface area contributed by atoms with E-state index in [4.69, 9.17) is 4.74 Å². The third kappa shape index (κ3) is 4.33. The van der Waals surface area contributed by atoms with Crippen molar-refractivity contribution in [3.8, 4) is 11.5 Å². The molecule has 3 nitrogen and oxygen atoms in total. The van der Waals surface area contributed by atoms with Crippen LogP contribution in [-0.4, -0.2) is 19.9 Å². The smallest absolute Gasteiger partial charge is 0.419 e. The molecule has 7 heteroatoms. The molecule has 0 aromatic heterocycles. The fourth-order valence-corrected chi connectivity index (χ4v) is 2.56. The second kappa shape index (κ2) is 7.76. The highest BCUT2D eigenvalue weighted by Gasteiger charge is 2.34. The Bertz CT molecular complexity index is 816. The molecular weight excluding hydrogens is 348 g/mol. The number of alkyl halides is 3. The first-order chi connectivity index (χ1) is 12.2. The Balaban J connectivity index is 2.38. The van der Waals surface area contributed by atoms with E-state index in [0.29, 0.717) is 18.4 Å². The zero-order chi connectivity index (χ0) is 19.5. The van der Waals surface area contributed by atoms with Crippen LogP contribution >= 0.6 is 0 Å². The number of nitrogens with zero attached hydrogens (tertiary/aromatic N) is 2. The number of hydrogen-bond acceptors (Lipinski definition) is 2.